The van der Waals surface area contributed by atoms with Crippen LogP contribution in [0, 0.1) is 0 Å². The van der Waals surface area contributed by atoms with Crippen LogP contribution in [0.25, 0.3) is 23.4 Å². The van der Waals surface area contributed by atoms with Gasteiger partial charge in [0.05, 0.1) is 17.3 Å². The Morgan fingerprint density at radius 3 is 2.60 bits per heavy atom. The van der Waals surface area contributed by atoms with E-state index in [1.54, 1.807) is 12.1 Å². The van der Waals surface area contributed by atoms with E-state index in [-0.39, 0.29) is 6.42 Å². The molecule has 1 aromatic heterocycles. The van der Waals surface area contributed by atoms with Gasteiger partial charge in [-0.15, -0.1) is 0 Å². The van der Waals surface area contributed by atoms with Crippen molar-refractivity contribution in [1.82, 2.24) is 9.55 Å². The molecule has 0 radical (unpaired) electrons. The first-order valence-corrected chi connectivity index (χ1v) is 10.4. The Kier molecular flexibility index (Phi) is 7.55. The average molecular weight is 445 g/mol. The van der Waals surface area contributed by atoms with Crippen molar-refractivity contribution in [1.29, 1.82) is 0 Å². The molecule has 1 N–H and O–H groups in total. The molecule has 0 bridgehead atoms. The van der Waals surface area contributed by atoms with Crippen molar-refractivity contribution in [3.05, 3.63) is 70.1 Å². The summed E-state index contributed by atoms with van der Waals surface area (Å²) in [6.45, 7) is 3.22. The van der Waals surface area contributed by atoms with Crippen LogP contribution in [0.15, 0.2) is 48.7 Å². The van der Waals surface area contributed by atoms with Crippen LogP contribution in [0.3, 0.4) is 0 Å². The first-order valence-electron chi connectivity index (χ1n) is 9.61. The number of carbonyl (C=O) groups is 1. The van der Waals surface area contributed by atoms with Crippen molar-refractivity contribution in [2.24, 2.45) is 0 Å². The van der Waals surface area contributed by atoms with Gasteiger partial charge in [0.1, 0.15) is 11.6 Å². The molecule has 0 saturated carbocycles. The van der Waals surface area contributed by atoms with Crippen molar-refractivity contribution >= 4 is 41.3 Å². The van der Waals surface area contributed by atoms with Gasteiger partial charge in [0.25, 0.3) is 0 Å². The molecule has 0 fully saturated rings. The summed E-state index contributed by atoms with van der Waals surface area (Å²) in [6.07, 6.45) is 6.50. The zero-order valence-corrected chi connectivity index (χ0v) is 18.0. The summed E-state index contributed by atoms with van der Waals surface area (Å²) >= 11 is 12.3. The topological polar surface area (TPSA) is 64.4 Å². The highest BCUT2D eigenvalue weighted by molar-refractivity contribution is 6.36. The Balaban J connectivity index is 1.69. The quantitative estimate of drug-likeness (QED) is 0.393. The normalized spacial score (nSPS) is 11.2. The third-order valence-corrected chi connectivity index (χ3v) is 5.01. The zero-order valence-electron chi connectivity index (χ0n) is 16.5. The van der Waals surface area contributed by atoms with Crippen molar-refractivity contribution in [2.45, 2.75) is 26.3 Å². The van der Waals surface area contributed by atoms with Crippen LogP contribution < -0.4 is 4.74 Å². The number of aliphatic carboxylic acids is 1. The van der Waals surface area contributed by atoms with Crippen LogP contribution in [0.2, 0.25) is 10.0 Å². The van der Waals surface area contributed by atoms with E-state index in [1.807, 2.05) is 48.7 Å². The molecule has 0 spiro atoms. The van der Waals surface area contributed by atoms with E-state index in [9.17, 15) is 4.79 Å². The van der Waals surface area contributed by atoms with Crippen LogP contribution in [0.5, 0.6) is 5.75 Å². The summed E-state index contributed by atoms with van der Waals surface area (Å²) in [6, 6.07) is 13.0. The van der Waals surface area contributed by atoms with Crippen molar-refractivity contribution in [3.63, 3.8) is 0 Å². The smallest absolute Gasteiger partial charge is 0.303 e. The number of ether oxygens (including phenoxy) is 1. The minimum Gasteiger partial charge on any atom is -0.494 e. The molecule has 5 nitrogen and oxygen atoms in total. The fraction of sp³-hybridized carbons (Fsp3) is 0.217. The Bertz CT molecular complexity index is 1040. The minimum absolute atomic E-state index is 0.105. The number of nitrogens with zero attached hydrogens (tertiary/aromatic N) is 2. The lowest BCUT2D eigenvalue weighted by atomic mass is 10.2. The van der Waals surface area contributed by atoms with Gasteiger partial charge in [-0.1, -0.05) is 41.4 Å². The number of hydrogen-bond donors (Lipinski definition) is 1. The summed E-state index contributed by atoms with van der Waals surface area (Å²) in [5.74, 6) is 0.728. The van der Waals surface area contributed by atoms with Gasteiger partial charge in [-0.25, -0.2) is 4.98 Å². The summed E-state index contributed by atoms with van der Waals surface area (Å²) in [5.41, 5.74) is 2.64. The molecule has 0 saturated heterocycles. The van der Waals surface area contributed by atoms with Crippen LogP contribution in [-0.2, 0) is 11.3 Å². The highest BCUT2D eigenvalue weighted by atomic mass is 35.5. The van der Waals surface area contributed by atoms with Crippen LogP contribution >= 0.6 is 23.2 Å². The second-order valence-electron chi connectivity index (χ2n) is 6.64. The Morgan fingerprint density at radius 1 is 1.17 bits per heavy atom. The maximum Gasteiger partial charge on any atom is 0.303 e. The van der Waals surface area contributed by atoms with Crippen molar-refractivity contribution in [3.8, 4) is 17.0 Å². The lowest BCUT2D eigenvalue weighted by Crippen LogP contribution is -2.01. The van der Waals surface area contributed by atoms with Crippen LogP contribution in [0.4, 0.5) is 0 Å². The lowest BCUT2D eigenvalue weighted by molar-refractivity contribution is -0.137. The second-order valence-corrected chi connectivity index (χ2v) is 7.49. The number of carboxylic acids is 1. The van der Waals surface area contributed by atoms with Gasteiger partial charge in [-0.2, -0.15) is 0 Å². The summed E-state index contributed by atoms with van der Waals surface area (Å²) in [4.78, 5) is 15.2. The maximum absolute atomic E-state index is 10.5. The molecule has 2 aromatic carbocycles. The molecule has 30 heavy (non-hydrogen) atoms. The number of carboxylic acid groups (broad SMARTS) is 1. The lowest BCUT2D eigenvalue weighted by Gasteiger charge is -2.05. The fourth-order valence-corrected chi connectivity index (χ4v) is 3.41. The van der Waals surface area contributed by atoms with E-state index < -0.39 is 5.97 Å². The Hall–Kier alpha value is -2.76. The predicted octanol–water partition coefficient (Wildman–Crippen LogP) is 6.29. The van der Waals surface area contributed by atoms with E-state index in [2.05, 4.69) is 11.5 Å². The van der Waals surface area contributed by atoms with E-state index >= 15 is 0 Å². The van der Waals surface area contributed by atoms with Gasteiger partial charge in [0.2, 0.25) is 0 Å². The number of aryl methyl sites for hydroxylation is 1. The molecular weight excluding hydrogens is 423 g/mol. The highest BCUT2D eigenvalue weighted by Crippen LogP contribution is 2.30. The van der Waals surface area contributed by atoms with Gasteiger partial charge in [-0.3, -0.25) is 4.79 Å². The first kappa shape index (κ1) is 21.9. The molecule has 0 aliphatic carbocycles. The molecule has 3 rings (SSSR count). The number of hydrogen-bond acceptors (Lipinski definition) is 3. The standard InChI is InChI=1S/C23H22Cl2N2O3/c1-2-27-15-21(19-11-8-17(24)14-20(19)25)26-22(27)12-7-16-5-9-18(10-6-16)30-13-3-4-23(28)29/h5-12,14-15H,2-4,13H2,1H3,(H,28,29)/b12-7+. The number of benzene rings is 2. The van der Waals surface area contributed by atoms with E-state index in [0.717, 1.165) is 29.2 Å². The maximum atomic E-state index is 10.5. The number of halogens is 2. The first-order chi connectivity index (χ1) is 14.5. The average Bonchev–Trinajstić information content (AvgIpc) is 3.13. The third-order valence-electron chi connectivity index (χ3n) is 4.46. The molecule has 156 valence electrons. The van der Waals surface area contributed by atoms with Gasteiger partial charge >= 0.3 is 5.97 Å². The zero-order chi connectivity index (χ0) is 21.5. The molecular formula is C23H22Cl2N2O3. The van der Waals surface area contributed by atoms with E-state index in [0.29, 0.717) is 28.8 Å². The molecule has 7 heteroatoms. The summed E-state index contributed by atoms with van der Waals surface area (Å²) in [5, 5.41) is 9.80. The van der Waals surface area contributed by atoms with Gasteiger partial charge in [0.15, 0.2) is 0 Å². The van der Waals surface area contributed by atoms with Crippen LogP contribution in [-0.4, -0.2) is 27.2 Å². The molecule has 0 atom stereocenters. The molecule has 0 aliphatic rings. The van der Waals surface area contributed by atoms with Gasteiger partial charge < -0.3 is 14.4 Å². The molecule has 0 amide bonds. The fourth-order valence-electron chi connectivity index (χ4n) is 2.90. The molecule has 3 aromatic rings. The van der Waals surface area contributed by atoms with E-state index in [1.165, 1.54) is 0 Å². The van der Waals surface area contributed by atoms with Crippen LogP contribution in [0.1, 0.15) is 31.2 Å². The molecule has 1 heterocycles. The van der Waals surface area contributed by atoms with Crippen molar-refractivity contribution in [2.75, 3.05) is 6.61 Å². The van der Waals surface area contributed by atoms with Crippen molar-refractivity contribution < 1.29 is 14.6 Å². The summed E-state index contributed by atoms with van der Waals surface area (Å²) < 4.78 is 7.61. The Morgan fingerprint density at radius 2 is 1.93 bits per heavy atom. The monoisotopic (exact) mass is 444 g/mol. The largest absolute Gasteiger partial charge is 0.494 e. The minimum atomic E-state index is -0.814. The number of aromatic nitrogens is 2. The third kappa shape index (κ3) is 5.88. The summed E-state index contributed by atoms with van der Waals surface area (Å²) in [7, 11) is 0. The SMILES string of the molecule is CCn1cc(-c2ccc(Cl)cc2Cl)nc1/C=C/c1ccc(OCCCC(=O)O)cc1. The van der Waals surface area contributed by atoms with E-state index in [4.69, 9.17) is 38.0 Å². The molecule has 0 aliphatic heterocycles. The molecule has 0 unspecified atom stereocenters. The second kappa shape index (κ2) is 10.3. The van der Waals surface area contributed by atoms with Gasteiger partial charge in [0, 0.05) is 29.7 Å². The predicted molar refractivity (Wildman–Crippen MR) is 121 cm³/mol. The highest BCUT2D eigenvalue weighted by Gasteiger charge is 2.10. The number of imidazole rings is 1. The van der Waals surface area contributed by atoms with Gasteiger partial charge in [-0.05, 0) is 55.3 Å². The Labute approximate surface area is 185 Å². The number of rotatable bonds is 9.